The Morgan fingerprint density at radius 2 is 1.76 bits per heavy atom. The Hall–Kier alpha value is -1.68. The van der Waals surface area contributed by atoms with Crippen LogP contribution < -0.4 is 14.4 Å². The predicted molar refractivity (Wildman–Crippen MR) is 124 cm³/mol. The Bertz CT molecular complexity index is 944. The average molecular weight is 498 g/mol. The van der Waals surface area contributed by atoms with E-state index in [-0.39, 0.29) is 5.91 Å². The first-order valence-corrected chi connectivity index (χ1v) is 11.7. The Kier molecular flexibility index (Phi) is 7.50. The highest BCUT2D eigenvalue weighted by Crippen LogP contribution is 2.38. The molecular weight excluding hydrogens is 474 g/mol. The zero-order valence-corrected chi connectivity index (χ0v) is 20.1. The summed E-state index contributed by atoms with van der Waals surface area (Å²) in [6.07, 6.45) is 0. The summed E-state index contributed by atoms with van der Waals surface area (Å²) in [4.78, 5) is 22.8. The van der Waals surface area contributed by atoms with E-state index in [9.17, 15) is 4.79 Å². The number of likely N-dealkylation sites (N-methyl/N-ethyl adjacent to an activating group) is 1. The van der Waals surface area contributed by atoms with Crippen LogP contribution in [0.1, 0.15) is 23.5 Å². The molecule has 0 N–H and O–H groups in total. The van der Waals surface area contributed by atoms with Crippen LogP contribution in [0.25, 0.3) is 10.2 Å². The number of ether oxygens (including phenoxy) is 2. The standard InChI is InChI=1S/C20H24BrN3O3S2/c1-5-23(6-2)9-10-24(19(25)16-7-8-18(21)28-16)20-22-13-11-14(26-3)15(27-4)12-17(13)29-20/h7-8,11-12H,5-6,9-10H2,1-4H3. The van der Waals surface area contributed by atoms with Gasteiger partial charge in [-0.2, -0.15) is 0 Å². The average Bonchev–Trinajstić information content (AvgIpc) is 3.35. The van der Waals surface area contributed by atoms with Gasteiger partial charge < -0.3 is 14.4 Å². The van der Waals surface area contributed by atoms with E-state index >= 15 is 0 Å². The molecule has 9 heteroatoms. The number of fused-ring (bicyclic) bond motifs is 1. The number of amides is 1. The quantitative estimate of drug-likeness (QED) is 0.410. The minimum absolute atomic E-state index is 0.0363. The number of methoxy groups -OCH3 is 2. The third kappa shape index (κ3) is 4.91. The van der Waals surface area contributed by atoms with Gasteiger partial charge in [0.05, 0.1) is 33.1 Å². The van der Waals surface area contributed by atoms with E-state index in [1.165, 1.54) is 22.7 Å². The van der Waals surface area contributed by atoms with Gasteiger partial charge in [-0.15, -0.1) is 11.3 Å². The number of halogens is 1. The van der Waals surface area contributed by atoms with Crippen LogP contribution in [0.5, 0.6) is 11.5 Å². The second-order valence-electron chi connectivity index (χ2n) is 6.26. The Balaban J connectivity index is 1.98. The lowest BCUT2D eigenvalue weighted by molar-refractivity contribution is 0.0987. The first-order chi connectivity index (χ1) is 14.0. The molecule has 2 heterocycles. The van der Waals surface area contributed by atoms with Crippen molar-refractivity contribution in [1.82, 2.24) is 9.88 Å². The lowest BCUT2D eigenvalue weighted by Crippen LogP contribution is -2.38. The minimum Gasteiger partial charge on any atom is -0.493 e. The number of thiophene rings is 1. The summed E-state index contributed by atoms with van der Waals surface area (Å²) in [6.45, 7) is 7.50. The van der Waals surface area contributed by atoms with Crippen molar-refractivity contribution in [1.29, 1.82) is 0 Å². The Morgan fingerprint density at radius 1 is 1.07 bits per heavy atom. The highest BCUT2D eigenvalue weighted by Gasteiger charge is 2.24. The summed E-state index contributed by atoms with van der Waals surface area (Å²) in [5, 5.41) is 0.678. The fourth-order valence-electron chi connectivity index (χ4n) is 2.99. The molecule has 29 heavy (non-hydrogen) atoms. The summed E-state index contributed by atoms with van der Waals surface area (Å²) >= 11 is 6.36. The third-order valence-corrected chi connectivity index (χ3v) is 7.33. The van der Waals surface area contributed by atoms with Crippen LogP contribution >= 0.6 is 38.6 Å². The molecule has 1 amide bonds. The number of carbonyl (C=O) groups is 1. The molecule has 156 valence electrons. The second kappa shape index (κ2) is 9.88. The number of anilines is 1. The van der Waals surface area contributed by atoms with Gasteiger partial charge in [-0.05, 0) is 41.2 Å². The van der Waals surface area contributed by atoms with Crippen LogP contribution in [-0.4, -0.2) is 56.2 Å². The molecule has 0 unspecified atom stereocenters. The monoisotopic (exact) mass is 497 g/mol. The Morgan fingerprint density at radius 3 is 2.34 bits per heavy atom. The van der Waals surface area contributed by atoms with Crippen molar-refractivity contribution in [3.8, 4) is 11.5 Å². The van der Waals surface area contributed by atoms with Gasteiger partial charge in [0, 0.05) is 25.2 Å². The minimum atomic E-state index is -0.0363. The number of rotatable bonds is 9. The maximum Gasteiger partial charge on any atom is 0.270 e. The predicted octanol–water partition coefficient (Wildman–Crippen LogP) is 5.13. The summed E-state index contributed by atoms with van der Waals surface area (Å²) < 4.78 is 12.7. The molecule has 2 aromatic heterocycles. The van der Waals surface area contributed by atoms with Gasteiger partial charge in [0.1, 0.15) is 0 Å². The van der Waals surface area contributed by atoms with Crippen molar-refractivity contribution < 1.29 is 14.3 Å². The number of hydrogen-bond acceptors (Lipinski definition) is 7. The summed E-state index contributed by atoms with van der Waals surface area (Å²) in [5.41, 5.74) is 0.788. The summed E-state index contributed by atoms with van der Waals surface area (Å²) in [6, 6.07) is 7.50. The molecule has 0 spiro atoms. The van der Waals surface area contributed by atoms with Gasteiger partial charge in [-0.1, -0.05) is 25.2 Å². The second-order valence-corrected chi connectivity index (χ2v) is 9.73. The fraction of sp³-hybridized carbons (Fsp3) is 0.400. The number of hydrogen-bond donors (Lipinski definition) is 0. The number of aromatic nitrogens is 1. The summed E-state index contributed by atoms with van der Waals surface area (Å²) in [5.74, 6) is 1.24. The van der Waals surface area contributed by atoms with Gasteiger partial charge in [-0.25, -0.2) is 4.98 Å². The molecule has 0 aliphatic carbocycles. The molecule has 0 bridgehead atoms. The molecule has 0 atom stereocenters. The van der Waals surface area contributed by atoms with Crippen LogP contribution in [0, 0.1) is 0 Å². The van der Waals surface area contributed by atoms with Crippen molar-refractivity contribution in [2.75, 3.05) is 45.3 Å². The molecule has 0 aliphatic rings. The van der Waals surface area contributed by atoms with Gasteiger partial charge in [0.15, 0.2) is 16.6 Å². The molecule has 3 aromatic rings. The zero-order valence-electron chi connectivity index (χ0n) is 16.9. The lowest BCUT2D eigenvalue weighted by Gasteiger charge is -2.24. The fourth-order valence-corrected chi connectivity index (χ4v) is 5.32. The maximum atomic E-state index is 13.3. The molecule has 0 fully saturated rings. The number of nitrogens with zero attached hydrogens (tertiary/aromatic N) is 3. The van der Waals surface area contributed by atoms with Gasteiger partial charge in [0.25, 0.3) is 5.91 Å². The molecule has 1 aromatic carbocycles. The largest absolute Gasteiger partial charge is 0.493 e. The smallest absolute Gasteiger partial charge is 0.270 e. The zero-order chi connectivity index (χ0) is 21.0. The molecule has 0 radical (unpaired) electrons. The van der Waals surface area contributed by atoms with Crippen LogP contribution in [-0.2, 0) is 0 Å². The van der Waals surface area contributed by atoms with Crippen molar-refractivity contribution >= 4 is 59.9 Å². The highest BCUT2D eigenvalue weighted by molar-refractivity contribution is 9.11. The molecule has 3 rings (SSSR count). The van der Waals surface area contributed by atoms with E-state index in [0.29, 0.717) is 28.1 Å². The topological polar surface area (TPSA) is 54.9 Å². The van der Waals surface area contributed by atoms with E-state index in [2.05, 4.69) is 34.7 Å². The highest BCUT2D eigenvalue weighted by atomic mass is 79.9. The number of carbonyl (C=O) groups excluding carboxylic acids is 1. The van der Waals surface area contributed by atoms with Crippen molar-refractivity contribution in [2.45, 2.75) is 13.8 Å². The van der Waals surface area contributed by atoms with Gasteiger partial charge >= 0.3 is 0 Å². The third-order valence-electron chi connectivity index (χ3n) is 4.68. The Labute approximate surface area is 187 Å². The van der Waals surface area contributed by atoms with Crippen molar-refractivity contribution in [2.24, 2.45) is 0 Å². The number of benzene rings is 1. The lowest BCUT2D eigenvalue weighted by atomic mass is 10.3. The van der Waals surface area contributed by atoms with E-state index < -0.39 is 0 Å². The van der Waals surface area contributed by atoms with Gasteiger partial charge in [-0.3, -0.25) is 9.69 Å². The van der Waals surface area contributed by atoms with Crippen LogP contribution in [0.4, 0.5) is 5.13 Å². The van der Waals surface area contributed by atoms with E-state index in [1.54, 1.807) is 19.1 Å². The molecule has 0 saturated heterocycles. The first-order valence-electron chi connectivity index (χ1n) is 9.32. The number of thiazole rings is 1. The molecular formula is C20H24BrN3O3S2. The van der Waals surface area contributed by atoms with E-state index in [4.69, 9.17) is 14.5 Å². The van der Waals surface area contributed by atoms with Crippen LogP contribution in [0.2, 0.25) is 0 Å². The first kappa shape index (κ1) is 22.0. The molecule has 0 saturated carbocycles. The van der Waals surface area contributed by atoms with E-state index in [1.807, 2.05) is 24.3 Å². The van der Waals surface area contributed by atoms with Crippen molar-refractivity contribution in [3.05, 3.63) is 32.9 Å². The molecule has 6 nitrogen and oxygen atoms in total. The van der Waals surface area contributed by atoms with Crippen LogP contribution in [0.15, 0.2) is 28.1 Å². The SMILES string of the molecule is CCN(CC)CCN(C(=O)c1ccc(Br)s1)c1nc2cc(OC)c(OC)cc2s1. The maximum absolute atomic E-state index is 13.3. The van der Waals surface area contributed by atoms with E-state index in [0.717, 1.165) is 33.6 Å². The van der Waals surface area contributed by atoms with Gasteiger partial charge in [0.2, 0.25) is 0 Å². The summed E-state index contributed by atoms with van der Waals surface area (Å²) in [7, 11) is 3.21. The normalized spacial score (nSPS) is 11.2. The van der Waals surface area contributed by atoms with Crippen LogP contribution in [0.3, 0.4) is 0 Å². The molecule has 0 aliphatic heterocycles. The van der Waals surface area contributed by atoms with Crippen molar-refractivity contribution in [3.63, 3.8) is 0 Å².